The summed E-state index contributed by atoms with van der Waals surface area (Å²) in [4.78, 5) is 13.3. The van der Waals surface area contributed by atoms with E-state index in [4.69, 9.17) is 4.74 Å². The zero-order chi connectivity index (χ0) is 11.1. The fourth-order valence-corrected chi connectivity index (χ4v) is 1.72. The molecule has 2 atom stereocenters. The summed E-state index contributed by atoms with van der Waals surface area (Å²) in [6.07, 6.45) is -0.324. The second-order valence-electron chi connectivity index (χ2n) is 4.20. The lowest BCUT2D eigenvalue weighted by Crippen LogP contribution is -2.29. The van der Waals surface area contributed by atoms with Crippen LogP contribution in [-0.4, -0.2) is 31.0 Å². The topological polar surface area (TPSA) is 32.8 Å². The zero-order valence-corrected chi connectivity index (χ0v) is 9.23. The number of benzene rings is 1. The van der Waals surface area contributed by atoms with Crippen molar-refractivity contribution in [3.63, 3.8) is 0 Å². The predicted molar refractivity (Wildman–Crippen MR) is 57.4 cm³/mol. The minimum atomic E-state index is -0.428. The van der Waals surface area contributed by atoms with Crippen LogP contribution >= 0.6 is 0 Å². The number of hydrogen-bond donors (Lipinski definition) is 0. The summed E-state index contributed by atoms with van der Waals surface area (Å²) in [5.41, 5.74) is 0.632. The summed E-state index contributed by atoms with van der Waals surface area (Å²) < 4.78 is 5.52. The van der Waals surface area contributed by atoms with Gasteiger partial charge in [0.2, 0.25) is 0 Å². The van der Waals surface area contributed by atoms with E-state index in [1.165, 1.54) is 0 Å². The molecule has 15 heavy (non-hydrogen) atoms. The third kappa shape index (κ3) is 1.63. The molecule has 3 nitrogen and oxygen atoms in total. The van der Waals surface area contributed by atoms with Gasteiger partial charge in [-0.25, -0.2) is 0 Å². The van der Waals surface area contributed by atoms with E-state index in [1.807, 2.05) is 37.3 Å². The van der Waals surface area contributed by atoms with Crippen LogP contribution in [0.15, 0.2) is 30.3 Å². The molecule has 2 rings (SSSR count). The number of carbonyl (C=O) groups excluding carboxylic acids is 1. The molecule has 3 heteroatoms. The van der Waals surface area contributed by atoms with Gasteiger partial charge >= 0.3 is 0 Å². The van der Waals surface area contributed by atoms with Crippen molar-refractivity contribution in [1.82, 2.24) is 4.90 Å². The first-order chi connectivity index (χ1) is 7.05. The molecule has 0 N–H and O–H groups in total. The summed E-state index contributed by atoms with van der Waals surface area (Å²) in [6.45, 7) is 1.95. The monoisotopic (exact) mass is 205 g/mol. The van der Waals surface area contributed by atoms with Crippen LogP contribution in [0.3, 0.4) is 0 Å². The molecule has 1 heterocycles. The summed E-state index contributed by atoms with van der Waals surface area (Å²) >= 11 is 0. The van der Waals surface area contributed by atoms with Crippen molar-refractivity contribution in [2.75, 3.05) is 14.1 Å². The van der Waals surface area contributed by atoms with Gasteiger partial charge in [-0.2, -0.15) is 0 Å². The summed E-state index contributed by atoms with van der Waals surface area (Å²) in [6, 6.07) is 9.85. The molecule has 2 unspecified atom stereocenters. The van der Waals surface area contributed by atoms with Gasteiger partial charge in [0, 0.05) is 14.1 Å². The largest absolute Gasteiger partial charge is 0.351 e. The molecule has 1 fully saturated rings. The first-order valence-corrected chi connectivity index (χ1v) is 5.00. The van der Waals surface area contributed by atoms with Crippen LogP contribution in [0.2, 0.25) is 0 Å². The minimum Gasteiger partial charge on any atom is -0.351 e. The number of rotatable bonds is 2. The molecule has 1 aromatic rings. The average molecular weight is 205 g/mol. The van der Waals surface area contributed by atoms with Crippen LogP contribution in [0.4, 0.5) is 0 Å². The quantitative estimate of drug-likeness (QED) is 0.683. The van der Waals surface area contributed by atoms with E-state index in [0.29, 0.717) is 0 Å². The molecule has 1 saturated heterocycles. The highest BCUT2D eigenvalue weighted by atomic mass is 16.6. The molecule has 0 bridgehead atoms. The SMILES string of the molecule is CN(C)C(=O)C1OC1(C)c1ccccc1. The first-order valence-electron chi connectivity index (χ1n) is 5.00. The van der Waals surface area contributed by atoms with Crippen LogP contribution in [0.25, 0.3) is 0 Å². The first kappa shape index (κ1) is 10.2. The Morgan fingerprint density at radius 2 is 1.93 bits per heavy atom. The van der Waals surface area contributed by atoms with Crippen molar-refractivity contribution in [1.29, 1.82) is 0 Å². The Labute approximate surface area is 89.7 Å². The van der Waals surface area contributed by atoms with Crippen molar-refractivity contribution in [2.45, 2.75) is 18.6 Å². The van der Waals surface area contributed by atoms with Crippen LogP contribution in [0, 0.1) is 0 Å². The highest BCUT2D eigenvalue weighted by Gasteiger charge is 2.58. The maximum absolute atomic E-state index is 11.7. The number of amides is 1. The minimum absolute atomic E-state index is 0.0290. The van der Waals surface area contributed by atoms with E-state index in [2.05, 4.69) is 0 Å². The molecule has 1 aliphatic heterocycles. The second kappa shape index (κ2) is 3.35. The van der Waals surface area contributed by atoms with Crippen molar-refractivity contribution in [3.8, 4) is 0 Å². The number of carbonyl (C=O) groups is 1. The van der Waals surface area contributed by atoms with E-state index < -0.39 is 5.60 Å². The van der Waals surface area contributed by atoms with Gasteiger partial charge in [-0.1, -0.05) is 30.3 Å². The molecule has 80 valence electrons. The Kier molecular flexibility index (Phi) is 2.27. The fraction of sp³-hybridized carbons (Fsp3) is 0.417. The predicted octanol–water partition coefficient (Wildman–Crippen LogP) is 1.39. The molecular formula is C12H15NO2. The summed E-state index contributed by atoms with van der Waals surface area (Å²) in [7, 11) is 3.49. The summed E-state index contributed by atoms with van der Waals surface area (Å²) in [5.74, 6) is 0.0290. The van der Waals surface area contributed by atoms with Crippen molar-refractivity contribution in [2.24, 2.45) is 0 Å². The molecule has 0 spiro atoms. The molecule has 0 aromatic heterocycles. The maximum atomic E-state index is 11.7. The molecule has 1 aliphatic rings. The lowest BCUT2D eigenvalue weighted by Gasteiger charge is -2.10. The Balaban J connectivity index is 2.17. The van der Waals surface area contributed by atoms with Crippen LogP contribution in [-0.2, 0) is 15.1 Å². The van der Waals surface area contributed by atoms with Gasteiger partial charge in [0.15, 0.2) is 6.10 Å². The Bertz CT molecular complexity index is 374. The number of nitrogens with zero attached hydrogens (tertiary/aromatic N) is 1. The number of likely N-dealkylation sites (N-methyl/N-ethyl adjacent to an activating group) is 1. The molecule has 1 aromatic carbocycles. The van der Waals surface area contributed by atoms with E-state index >= 15 is 0 Å². The fourth-order valence-electron chi connectivity index (χ4n) is 1.72. The van der Waals surface area contributed by atoms with Crippen LogP contribution in [0.1, 0.15) is 12.5 Å². The number of epoxide rings is 1. The highest BCUT2D eigenvalue weighted by Crippen LogP contribution is 2.46. The normalized spacial score (nSPS) is 28.6. The van der Waals surface area contributed by atoms with Crippen molar-refractivity contribution in [3.05, 3.63) is 35.9 Å². The van der Waals surface area contributed by atoms with Gasteiger partial charge in [0.1, 0.15) is 5.60 Å². The number of hydrogen-bond acceptors (Lipinski definition) is 2. The van der Waals surface area contributed by atoms with E-state index in [1.54, 1.807) is 19.0 Å². The number of ether oxygens (including phenoxy) is 1. The third-order valence-electron chi connectivity index (χ3n) is 2.82. The van der Waals surface area contributed by atoms with E-state index in [0.717, 1.165) is 5.56 Å². The van der Waals surface area contributed by atoms with Gasteiger partial charge in [-0.05, 0) is 12.5 Å². The second-order valence-corrected chi connectivity index (χ2v) is 4.20. The Morgan fingerprint density at radius 3 is 2.47 bits per heavy atom. The third-order valence-corrected chi connectivity index (χ3v) is 2.82. The highest BCUT2D eigenvalue weighted by molar-refractivity contribution is 5.84. The smallest absolute Gasteiger partial charge is 0.254 e. The summed E-state index contributed by atoms with van der Waals surface area (Å²) in [5, 5.41) is 0. The van der Waals surface area contributed by atoms with Crippen LogP contribution in [0.5, 0.6) is 0 Å². The van der Waals surface area contributed by atoms with Gasteiger partial charge in [0.25, 0.3) is 5.91 Å². The van der Waals surface area contributed by atoms with Crippen molar-refractivity contribution >= 4 is 5.91 Å². The molecule has 0 aliphatic carbocycles. The van der Waals surface area contributed by atoms with Crippen LogP contribution < -0.4 is 0 Å². The lowest BCUT2D eigenvalue weighted by atomic mass is 9.97. The lowest BCUT2D eigenvalue weighted by molar-refractivity contribution is -0.130. The molecule has 0 radical (unpaired) electrons. The van der Waals surface area contributed by atoms with E-state index in [9.17, 15) is 4.79 Å². The van der Waals surface area contributed by atoms with Gasteiger partial charge in [0.05, 0.1) is 0 Å². The van der Waals surface area contributed by atoms with Gasteiger partial charge in [-0.3, -0.25) is 4.79 Å². The van der Waals surface area contributed by atoms with Gasteiger partial charge < -0.3 is 9.64 Å². The molecular weight excluding hydrogens is 190 g/mol. The zero-order valence-electron chi connectivity index (χ0n) is 9.23. The molecule has 0 saturated carbocycles. The Hall–Kier alpha value is -1.35. The van der Waals surface area contributed by atoms with E-state index in [-0.39, 0.29) is 12.0 Å². The van der Waals surface area contributed by atoms with Crippen molar-refractivity contribution < 1.29 is 9.53 Å². The molecule has 1 amide bonds. The standard InChI is InChI=1S/C12H15NO2/c1-12(9-7-5-4-6-8-9)10(15-12)11(14)13(2)3/h4-8,10H,1-3H3. The Morgan fingerprint density at radius 1 is 1.33 bits per heavy atom. The van der Waals surface area contributed by atoms with Gasteiger partial charge in [-0.15, -0.1) is 0 Å². The maximum Gasteiger partial charge on any atom is 0.254 e. The average Bonchev–Trinajstić information content (AvgIpc) is 2.92.